The second-order valence-electron chi connectivity index (χ2n) is 8.56. The minimum atomic E-state index is -3.49. The van der Waals surface area contributed by atoms with Crippen LogP contribution in [0.25, 0.3) is 0 Å². The SMILES string of the molecule is Cc1ccc(S(=O)(=O)N2CCN([C@@H](C)C(=O)NC3CCCCCC3)CC2)cc1C. The molecule has 0 bridgehead atoms. The lowest BCUT2D eigenvalue weighted by Crippen LogP contribution is -2.55. The molecule has 162 valence electrons. The molecule has 3 rings (SSSR count). The van der Waals surface area contributed by atoms with Crippen LogP contribution in [-0.4, -0.2) is 61.8 Å². The minimum Gasteiger partial charge on any atom is -0.352 e. The molecule has 1 amide bonds. The van der Waals surface area contributed by atoms with Crippen LogP contribution in [-0.2, 0) is 14.8 Å². The quantitative estimate of drug-likeness (QED) is 0.742. The monoisotopic (exact) mass is 421 g/mol. The third-order valence-electron chi connectivity index (χ3n) is 6.52. The van der Waals surface area contributed by atoms with Gasteiger partial charge in [0.05, 0.1) is 10.9 Å². The van der Waals surface area contributed by atoms with E-state index >= 15 is 0 Å². The summed E-state index contributed by atoms with van der Waals surface area (Å²) in [6.07, 6.45) is 7.04. The normalized spacial score (nSPS) is 21.5. The van der Waals surface area contributed by atoms with Gasteiger partial charge in [0, 0.05) is 32.2 Å². The van der Waals surface area contributed by atoms with Crippen LogP contribution in [0.15, 0.2) is 23.1 Å². The van der Waals surface area contributed by atoms with Gasteiger partial charge in [-0.3, -0.25) is 9.69 Å². The van der Waals surface area contributed by atoms with Crippen molar-refractivity contribution in [3.05, 3.63) is 29.3 Å². The van der Waals surface area contributed by atoms with E-state index in [2.05, 4.69) is 10.2 Å². The fourth-order valence-corrected chi connectivity index (χ4v) is 5.77. The fraction of sp³-hybridized carbons (Fsp3) is 0.682. The maximum Gasteiger partial charge on any atom is 0.243 e. The van der Waals surface area contributed by atoms with Crippen molar-refractivity contribution >= 4 is 15.9 Å². The Balaban J connectivity index is 1.56. The van der Waals surface area contributed by atoms with E-state index in [1.807, 2.05) is 26.8 Å². The number of hydrogen-bond acceptors (Lipinski definition) is 4. The third kappa shape index (κ3) is 5.38. The van der Waals surface area contributed by atoms with Crippen LogP contribution in [0, 0.1) is 13.8 Å². The van der Waals surface area contributed by atoms with E-state index in [1.54, 1.807) is 16.4 Å². The van der Waals surface area contributed by atoms with Gasteiger partial charge >= 0.3 is 0 Å². The Bertz CT molecular complexity index is 809. The van der Waals surface area contributed by atoms with Crippen molar-refractivity contribution < 1.29 is 13.2 Å². The van der Waals surface area contributed by atoms with Crippen LogP contribution in [0.2, 0.25) is 0 Å². The molecule has 0 spiro atoms. The van der Waals surface area contributed by atoms with Crippen molar-refractivity contribution in [1.82, 2.24) is 14.5 Å². The van der Waals surface area contributed by atoms with Crippen molar-refractivity contribution in [1.29, 1.82) is 0 Å². The Morgan fingerprint density at radius 1 is 1.00 bits per heavy atom. The van der Waals surface area contributed by atoms with Crippen molar-refractivity contribution in [3.63, 3.8) is 0 Å². The lowest BCUT2D eigenvalue weighted by molar-refractivity contribution is -0.127. The zero-order chi connectivity index (χ0) is 21.0. The van der Waals surface area contributed by atoms with Gasteiger partial charge < -0.3 is 5.32 Å². The minimum absolute atomic E-state index is 0.0716. The second-order valence-corrected chi connectivity index (χ2v) is 10.5. The molecule has 7 heteroatoms. The number of carbonyl (C=O) groups is 1. The number of piperazine rings is 1. The predicted molar refractivity (Wildman–Crippen MR) is 115 cm³/mol. The molecule has 1 aliphatic carbocycles. The van der Waals surface area contributed by atoms with Gasteiger partial charge in [-0.1, -0.05) is 31.7 Å². The molecular weight excluding hydrogens is 386 g/mol. The van der Waals surface area contributed by atoms with Gasteiger partial charge in [0.2, 0.25) is 15.9 Å². The van der Waals surface area contributed by atoms with E-state index in [0.717, 1.165) is 24.0 Å². The number of rotatable bonds is 5. The molecule has 0 unspecified atom stereocenters. The molecule has 1 aromatic carbocycles. The molecule has 2 aliphatic rings. The first-order valence-corrected chi connectivity index (χ1v) is 12.3. The highest BCUT2D eigenvalue weighted by Gasteiger charge is 2.32. The maximum atomic E-state index is 13.0. The lowest BCUT2D eigenvalue weighted by atomic mass is 10.1. The number of hydrogen-bond donors (Lipinski definition) is 1. The van der Waals surface area contributed by atoms with E-state index in [-0.39, 0.29) is 11.9 Å². The Kier molecular flexibility index (Phi) is 7.35. The van der Waals surface area contributed by atoms with Crippen LogP contribution < -0.4 is 5.32 Å². The highest BCUT2D eigenvalue weighted by molar-refractivity contribution is 7.89. The summed E-state index contributed by atoms with van der Waals surface area (Å²) < 4.78 is 27.5. The van der Waals surface area contributed by atoms with Crippen LogP contribution in [0.3, 0.4) is 0 Å². The van der Waals surface area contributed by atoms with E-state index in [0.29, 0.717) is 37.1 Å². The van der Waals surface area contributed by atoms with E-state index in [9.17, 15) is 13.2 Å². The summed E-state index contributed by atoms with van der Waals surface area (Å²) >= 11 is 0. The van der Waals surface area contributed by atoms with Gasteiger partial charge in [0.15, 0.2) is 0 Å². The maximum absolute atomic E-state index is 13.0. The van der Waals surface area contributed by atoms with Crippen molar-refractivity contribution in [2.75, 3.05) is 26.2 Å². The summed E-state index contributed by atoms with van der Waals surface area (Å²) in [6.45, 7) is 7.81. The summed E-state index contributed by atoms with van der Waals surface area (Å²) in [4.78, 5) is 15.2. The first kappa shape index (κ1) is 22.2. The van der Waals surface area contributed by atoms with Gasteiger partial charge in [-0.25, -0.2) is 8.42 Å². The molecule has 1 aromatic rings. The van der Waals surface area contributed by atoms with Crippen molar-refractivity contribution in [2.24, 2.45) is 0 Å². The van der Waals surface area contributed by atoms with Crippen LogP contribution in [0.1, 0.15) is 56.6 Å². The average molecular weight is 422 g/mol. The fourth-order valence-electron chi connectivity index (χ4n) is 4.27. The van der Waals surface area contributed by atoms with Gasteiger partial charge in [-0.15, -0.1) is 0 Å². The van der Waals surface area contributed by atoms with Crippen LogP contribution in [0.4, 0.5) is 0 Å². The predicted octanol–water partition coefficient (Wildman–Crippen LogP) is 2.84. The summed E-state index contributed by atoms with van der Waals surface area (Å²) in [5, 5.41) is 3.22. The topological polar surface area (TPSA) is 69.7 Å². The molecular formula is C22H35N3O3S. The zero-order valence-electron chi connectivity index (χ0n) is 18.0. The number of benzene rings is 1. The molecule has 0 aromatic heterocycles. The van der Waals surface area contributed by atoms with Gasteiger partial charge in [0.25, 0.3) is 0 Å². The number of aryl methyl sites for hydroxylation is 2. The Morgan fingerprint density at radius 2 is 1.62 bits per heavy atom. The average Bonchev–Trinajstić information content (AvgIpc) is 2.98. The smallest absolute Gasteiger partial charge is 0.243 e. The molecule has 0 radical (unpaired) electrons. The van der Waals surface area contributed by atoms with E-state index in [1.165, 1.54) is 25.7 Å². The summed E-state index contributed by atoms with van der Waals surface area (Å²) in [6, 6.07) is 5.36. The molecule has 29 heavy (non-hydrogen) atoms. The number of sulfonamides is 1. The second kappa shape index (κ2) is 9.58. The van der Waals surface area contributed by atoms with Gasteiger partial charge in [-0.05, 0) is 56.9 Å². The van der Waals surface area contributed by atoms with Crippen LogP contribution >= 0.6 is 0 Å². The third-order valence-corrected chi connectivity index (χ3v) is 8.41. The molecule has 6 nitrogen and oxygen atoms in total. The Hall–Kier alpha value is -1.44. The number of nitrogens with one attached hydrogen (secondary N) is 1. The number of nitrogens with zero attached hydrogens (tertiary/aromatic N) is 2. The standard InChI is InChI=1S/C22H35N3O3S/c1-17-10-11-21(16-18(17)2)29(27,28)25-14-12-24(13-15-25)19(3)22(26)23-20-8-6-4-5-7-9-20/h10-11,16,19-20H,4-9,12-15H2,1-3H3,(H,23,26)/t19-/m0/s1. The van der Waals surface area contributed by atoms with Gasteiger partial charge in [-0.2, -0.15) is 4.31 Å². The van der Waals surface area contributed by atoms with Crippen molar-refractivity contribution in [3.8, 4) is 0 Å². The zero-order valence-corrected chi connectivity index (χ0v) is 18.8. The van der Waals surface area contributed by atoms with Gasteiger partial charge in [0.1, 0.15) is 0 Å². The highest BCUT2D eigenvalue weighted by Crippen LogP contribution is 2.21. The molecule has 1 saturated heterocycles. The molecule has 1 aliphatic heterocycles. The Morgan fingerprint density at radius 3 is 2.21 bits per heavy atom. The summed E-state index contributed by atoms with van der Waals surface area (Å²) in [5.74, 6) is 0.0716. The summed E-state index contributed by atoms with van der Waals surface area (Å²) in [5.41, 5.74) is 2.07. The van der Waals surface area contributed by atoms with E-state index < -0.39 is 10.0 Å². The molecule has 1 saturated carbocycles. The first-order valence-electron chi connectivity index (χ1n) is 10.9. The number of amides is 1. The highest BCUT2D eigenvalue weighted by atomic mass is 32.2. The number of carbonyl (C=O) groups excluding carboxylic acids is 1. The summed E-state index contributed by atoms with van der Waals surface area (Å²) in [7, 11) is -3.49. The van der Waals surface area contributed by atoms with Crippen molar-refractivity contribution in [2.45, 2.75) is 76.3 Å². The lowest BCUT2D eigenvalue weighted by Gasteiger charge is -2.37. The molecule has 1 atom stereocenters. The first-order chi connectivity index (χ1) is 13.8. The Labute approximate surface area is 175 Å². The molecule has 1 heterocycles. The molecule has 1 N–H and O–H groups in total. The van der Waals surface area contributed by atoms with Crippen LogP contribution in [0.5, 0.6) is 0 Å². The molecule has 2 fully saturated rings. The van der Waals surface area contributed by atoms with E-state index in [4.69, 9.17) is 0 Å². The largest absolute Gasteiger partial charge is 0.352 e.